The molecule has 2 aliphatic rings. The molecule has 1 fully saturated rings. The summed E-state index contributed by atoms with van der Waals surface area (Å²) in [6, 6.07) is 12.2. The number of halogens is 1. The highest BCUT2D eigenvalue weighted by Crippen LogP contribution is 2.35. The first-order valence-electron chi connectivity index (χ1n) is 13.0. The molecule has 3 aromatic rings. The molecular weight excluding hydrogens is 518 g/mol. The van der Waals surface area contributed by atoms with Gasteiger partial charge >= 0.3 is 0 Å². The van der Waals surface area contributed by atoms with Crippen LogP contribution >= 0.6 is 11.6 Å². The maximum atomic E-state index is 12.7. The molecule has 2 aromatic carbocycles. The van der Waals surface area contributed by atoms with Gasteiger partial charge < -0.3 is 29.9 Å². The lowest BCUT2D eigenvalue weighted by atomic mass is 10.1. The first-order chi connectivity index (χ1) is 18.9. The average molecular weight is 552 g/mol. The molecule has 0 saturated carbocycles. The van der Waals surface area contributed by atoms with Crippen LogP contribution in [0.1, 0.15) is 22.8 Å². The largest absolute Gasteiger partial charge is 0.494 e. The van der Waals surface area contributed by atoms with Crippen LogP contribution in [0.5, 0.6) is 5.75 Å². The molecule has 2 aliphatic heterocycles. The minimum Gasteiger partial charge on any atom is -0.494 e. The van der Waals surface area contributed by atoms with E-state index in [9.17, 15) is 4.79 Å². The minimum absolute atomic E-state index is 0.0350. The Balaban J connectivity index is 1.32. The quantitative estimate of drug-likeness (QED) is 0.402. The fourth-order valence-electron chi connectivity index (χ4n) is 5.12. The van der Waals surface area contributed by atoms with Gasteiger partial charge in [-0.05, 0) is 30.7 Å². The highest BCUT2D eigenvalue weighted by Gasteiger charge is 2.28. The number of nitrogens with zero attached hydrogens (tertiary/aromatic N) is 5. The molecule has 39 heavy (non-hydrogen) atoms. The first kappa shape index (κ1) is 27.0. The number of ether oxygens (including phenoxy) is 2. The summed E-state index contributed by atoms with van der Waals surface area (Å²) in [4.78, 5) is 28.1. The van der Waals surface area contributed by atoms with Crippen LogP contribution in [0.25, 0.3) is 0 Å². The zero-order valence-electron chi connectivity index (χ0n) is 22.7. The van der Waals surface area contributed by atoms with Gasteiger partial charge in [-0.1, -0.05) is 23.7 Å². The Morgan fingerprint density at radius 2 is 1.97 bits per heavy atom. The lowest BCUT2D eigenvalue weighted by molar-refractivity contribution is 0.0817. The maximum Gasteiger partial charge on any atom is 0.256 e. The van der Waals surface area contributed by atoms with Crippen LogP contribution in [0.15, 0.2) is 42.6 Å². The van der Waals surface area contributed by atoms with Crippen LogP contribution in [0.4, 0.5) is 28.8 Å². The van der Waals surface area contributed by atoms with Crippen LogP contribution in [0, 0.1) is 0 Å². The number of carbonyl (C=O) groups excluding carboxylic acids is 1. The van der Waals surface area contributed by atoms with Crippen molar-refractivity contribution >= 4 is 46.3 Å². The van der Waals surface area contributed by atoms with Crippen LogP contribution < -0.4 is 20.3 Å². The molecule has 3 heterocycles. The maximum absolute atomic E-state index is 12.7. The van der Waals surface area contributed by atoms with E-state index in [2.05, 4.69) is 43.4 Å². The molecule has 206 valence electrons. The van der Waals surface area contributed by atoms with Gasteiger partial charge in [0, 0.05) is 64.7 Å². The topological polar surface area (TPSA) is 95.1 Å². The number of piperazine rings is 1. The Morgan fingerprint density at radius 3 is 2.74 bits per heavy atom. The Labute approximate surface area is 233 Å². The molecule has 10 nitrogen and oxygen atoms in total. The highest BCUT2D eigenvalue weighted by atomic mass is 35.5. The monoisotopic (exact) mass is 551 g/mol. The van der Waals surface area contributed by atoms with E-state index in [4.69, 9.17) is 21.1 Å². The molecule has 1 amide bonds. The van der Waals surface area contributed by atoms with E-state index in [-0.39, 0.29) is 5.91 Å². The number of benzene rings is 2. The Bertz CT molecular complexity index is 1350. The Morgan fingerprint density at radius 1 is 1.13 bits per heavy atom. The normalized spacial score (nSPS) is 17.4. The summed E-state index contributed by atoms with van der Waals surface area (Å²) < 4.78 is 11.0. The van der Waals surface area contributed by atoms with Crippen molar-refractivity contribution in [3.8, 4) is 5.75 Å². The average Bonchev–Trinajstić information content (AvgIpc) is 3.23. The van der Waals surface area contributed by atoms with Crippen molar-refractivity contribution in [2.75, 3.05) is 69.6 Å². The van der Waals surface area contributed by atoms with E-state index in [0.29, 0.717) is 46.4 Å². The molecular formula is C28H34ClN7O3. The number of methoxy groups -OCH3 is 2. The van der Waals surface area contributed by atoms with Gasteiger partial charge in [-0.25, -0.2) is 4.98 Å². The van der Waals surface area contributed by atoms with E-state index < -0.39 is 0 Å². The Hall–Kier alpha value is -3.60. The number of aromatic nitrogens is 2. The van der Waals surface area contributed by atoms with Crippen LogP contribution in [-0.2, 0) is 11.3 Å². The fraction of sp³-hybridized carbons (Fsp3) is 0.393. The van der Waals surface area contributed by atoms with Crippen molar-refractivity contribution in [2.45, 2.75) is 19.5 Å². The predicted molar refractivity (Wildman–Crippen MR) is 154 cm³/mol. The third-order valence-corrected chi connectivity index (χ3v) is 7.54. The van der Waals surface area contributed by atoms with Crippen LogP contribution in [-0.4, -0.2) is 85.8 Å². The smallest absolute Gasteiger partial charge is 0.256 e. The standard InChI is InChI=1S/C28H34ClN7O3/c1-18-16-36(11-10-35(18)12-13-38-3)20-8-9-22(24(14-20)39-4)32-28-30-15-21(29)26(33-28)31-23-7-5-6-19-17-34(2)27(37)25(19)23/h5-9,14-15,18H,10-13,16-17H2,1-4H3,(H2,30,31,32,33). The molecule has 1 unspecified atom stereocenters. The third-order valence-electron chi connectivity index (χ3n) is 7.26. The molecule has 5 rings (SSSR count). The molecule has 1 aromatic heterocycles. The van der Waals surface area contributed by atoms with Crippen molar-refractivity contribution in [2.24, 2.45) is 0 Å². The molecule has 0 aliphatic carbocycles. The van der Waals surface area contributed by atoms with Gasteiger partial charge in [0.2, 0.25) is 5.95 Å². The van der Waals surface area contributed by atoms with Gasteiger partial charge in [-0.2, -0.15) is 4.98 Å². The van der Waals surface area contributed by atoms with E-state index in [1.807, 2.05) is 30.3 Å². The lowest BCUT2D eigenvalue weighted by Crippen LogP contribution is -2.52. The number of rotatable bonds is 9. The van der Waals surface area contributed by atoms with E-state index in [1.165, 1.54) is 6.20 Å². The van der Waals surface area contributed by atoms with Crippen molar-refractivity contribution < 1.29 is 14.3 Å². The second-order valence-corrected chi connectivity index (χ2v) is 10.3. The van der Waals surface area contributed by atoms with E-state index >= 15 is 0 Å². The number of carbonyl (C=O) groups is 1. The van der Waals surface area contributed by atoms with Gasteiger partial charge in [-0.3, -0.25) is 9.69 Å². The van der Waals surface area contributed by atoms with Crippen molar-refractivity contribution in [1.29, 1.82) is 0 Å². The molecule has 2 N–H and O–H groups in total. The Kier molecular flexibility index (Phi) is 8.06. The SMILES string of the molecule is COCCN1CCN(c2ccc(Nc3ncc(Cl)c(Nc4cccc5c4C(=O)N(C)C5)n3)c(OC)c2)CC1C. The number of hydrogen-bond donors (Lipinski definition) is 2. The molecule has 0 bridgehead atoms. The van der Waals surface area contributed by atoms with Crippen molar-refractivity contribution in [1.82, 2.24) is 19.8 Å². The van der Waals surface area contributed by atoms with E-state index in [1.54, 1.807) is 26.2 Å². The van der Waals surface area contributed by atoms with Crippen LogP contribution in [0.3, 0.4) is 0 Å². The predicted octanol–water partition coefficient (Wildman–Crippen LogP) is 4.37. The summed E-state index contributed by atoms with van der Waals surface area (Å²) in [5.74, 6) is 1.40. The summed E-state index contributed by atoms with van der Waals surface area (Å²) in [7, 11) is 5.17. The second kappa shape index (κ2) is 11.6. The van der Waals surface area contributed by atoms with Crippen molar-refractivity contribution in [3.05, 3.63) is 58.7 Å². The molecule has 1 saturated heterocycles. The molecule has 0 radical (unpaired) electrons. The number of fused-ring (bicyclic) bond motifs is 1. The summed E-state index contributed by atoms with van der Waals surface area (Å²) in [5, 5.41) is 6.83. The minimum atomic E-state index is -0.0350. The van der Waals surface area contributed by atoms with Gasteiger partial charge in [0.25, 0.3) is 5.91 Å². The number of hydrogen-bond acceptors (Lipinski definition) is 9. The van der Waals surface area contributed by atoms with Crippen molar-refractivity contribution in [3.63, 3.8) is 0 Å². The zero-order valence-corrected chi connectivity index (χ0v) is 23.5. The van der Waals surface area contributed by atoms with Crippen LogP contribution in [0.2, 0.25) is 5.02 Å². The van der Waals surface area contributed by atoms with E-state index in [0.717, 1.165) is 49.7 Å². The highest BCUT2D eigenvalue weighted by molar-refractivity contribution is 6.33. The number of anilines is 5. The van der Waals surface area contributed by atoms with Gasteiger partial charge in [0.1, 0.15) is 10.8 Å². The first-order valence-corrected chi connectivity index (χ1v) is 13.4. The molecule has 1 atom stereocenters. The zero-order chi connectivity index (χ0) is 27.5. The fourth-order valence-corrected chi connectivity index (χ4v) is 5.26. The molecule has 0 spiro atoms. The summed E-state index contributed by atoms with van der Waals surface area (Å²) >= 11 is 6.43. The third kappa shape index (κ3) is 5.73. The van der Waals surface area contributed by atoms with Gasteiger partial charge in [0.05, 0.1) is 36.9 Å². The van der Waals surface area contributed by atoms with Gasteiger partial charge in [0.15, 0.2) is 5.82 Å². The molecule has 11 heteroatoms. The number of nitrogens with one attached hydrogen (secondary N) is 2. The lowest BCUT2D eigenvalue weighted by Gasteiger charge is -2.41. The second-order valence-electron chi connectivity index (χ2n) is 9.85. The number of amides is 1. The summed E-state index contributed by atoms with van der Waals surface area (Å²) in [6.07, 6.45) is 1.53. The summed E-state index contributed by atoms with van der Waals surface area (Å²) in [5.41, 5.74) is 4.09. The summed E-state index contributed by atoms with van der Waals surface area (Å²) in [6.45, 7) is 7.34. The van der Waals surface area contributed by atoms with Gasteiger partial charge in [-0.15, -0.1) is 0 Å².